The Morgan fingerprint density at radius 1 is 1.21 bits per heavy atom. The van der Waals surface area contributed by atoms with Crippen LogP contribution < -0.4 is 20.1 Å². The Bertz CT molecular complexity index is 987. The van der Waals surface area contributed by atoms with Crippen LogP contribution in [0.5, 0.6) is 5.75 Å². The molecule has 0 aromatic heterocycles. The first-order valence-corrected chi connectivity index (χ1v) is 11.1. The molecule has 7 nitrogen and oxygen atoms in total. The van der Waals surface area contributed by atoms with Crippen LogP contribution in [0.3, 0.4) is 0 Å². The molecule has 0 aliphatic carbocycles. The van der Waals surface area contributed by atoms with Crippen LogP contribution in [-0.2, 0) is 21.2 Å². The van der Waals surface area contributed by atoms with Gasteiger partial charge in [0.1, 0.15) is 5.75 Å². The first-order chi connectivity index (χ1) is 13.7. The van der Waals surface area contributed by atoms with E-state index in [0.717, 1.165) is 22.6 Å². The molecule has 0 bridgehead atoms. The molecule has 156 valence electrons. The van der Waals surface area contributed by atoms with Crippen molar-refractivity contribution in [3.05, 3.63) is 53.6 Å². The van der Waals surface area contributed by atoms with Crippen molar-refractivity contribution >= 4 is 21.6 Å². The number of carbonyl (C=O) groups excluding carboxylic acids is 1. The number of benzene rings is 2. The van der Waals surface area contributed by atoms with Crippen LogP contribution in [0.25, 0.3) is 0 Å². The van der Waals surface area contributed by atoms with Gasteiger partial charge < -0.3 is 15.0 Å². The fourth-order valence-electron chi connectivity index (χ4n) is 3.63. The summed E-state index contributed by atoms with van der Waals surface area (Å²) < 4.78 is 28.3. The predicted molar refractivity (Wildman–Crippen MR) is 112 cm³/mol. The highest BCUT2D eigenvalue weighted by atomic mass is 32.2. The van der Waals surface area contributed by atoms with Crippen molar-refractivity contribution in [1.29, 1.82) is 0 Å². The number of nitrogens with zero attached hydrogens (tertiary/aromatic N) is 1. The molecule has 29 heavy (non-hydrogen) atoms. The largest absolute Gasteiger partial charge is 0.497 e. The van der Waals surface area contributed by atoms with Gasteiger partial charge in [0.15, 0.2) is 0 Å². The molecule has 0 unspecified atom stereocenters. The summed E-state index contributed by atoms with van der Waals surface area (Å²) in [6.07, 6.45) is 0.679. The first-order valence-electron chi connectivity index (χ1n) is 9.53. The summed E-state index contributed by atoms with van der Waals surface area (Å²) in [7, 11) is -2.11. The van der Waals surface area contributed by atoms with Crippen LogP contribution in [0.4, 0.5) is 5.69 Å². The smallest absolute Gasteiger partial charge is 0.240 e. The maximum absolute atomic E-state index is 12.8. The minimum atomic E-state index is -3.73. The number of amides is 1. The average molecular weight is 418 g/mol. The molecule has 8 heteroatoms. The third kappa shape index (κ3) is 4.89. The van der Waals surface area contributed by atoms with E-state index in [1.807, 2.05) is 29.2 Å². The third-order valence-corrected chi connectivity index (χ3v) is 6.07. The van der Waals surface area contributed by atoms with Crippen LogP contribution in [0.1, 0.15) is 31.0 Å². The fourth-order valence-corrected chi connectivity index (χ4v) is 4.19. The number of primary sulfonamides is 1. The van der Waals surface area contributed by atoms with Crippen LogP contribution in [0.15, 0.2) is 47.4 Å². The monoisotopic (exact) mass is 417 g/mol. The second-order valence-electron chi connectivity index (χ2n) is 7.57. The lowest BCUT2D eigenvalue weighted by Crippen LogP contribution is -2.39. The second-order valence-corrected chi connectivity index (χ2v) is 9.13. The van der Waals surface area contributed by atoms with Crippen LogP contribution in [0, 0.1) is 5.92 Å². The maximum atomic E-state index is 12.8. The Balaban J connectivity index is 1.70. The summed E-state index contributed by atoms with van der Waals surface area (Å²) in [5.74, 6) is 0.911. The van der Waals surface area contributed by atoms with Crippen molar-refractivity contribution < 1.29 is 17.9 Å². The van der Waals surface area contributed by atoms with Crippen molar-refractivity contribution in [2.75, 3.05) is 25.1 Å². The highest BCUT2D eigenvalue weighted by Crippen LogP contribution is 2.30. The van der Waals surface area contributed by atoms with Crippen LogP contribution in [0.2, 0.25) is 0 Å². The zero-order valence-electron chi connectivity index (χ0n) is 16.9. The van der Waals surface area contributed by atoms with Gasteiger partial charge in [-0.3, -0.25) is 4.79 Å². The van der Waals surface area contributed by atoms with Crippen molar-refractivity contribution in [3.8, 4) is 5.75 Å². The van der Waals surface area contributed by atoms with Gasteiger partial charge in [-0.15, -0.1) is 0 Å². The summed E-state index contributed by atoms with van der Waals surface area (Å²) in [5.41, 5.74) is 2.78. The predicted octanol–water partition coefficient (Wildman–Crippen LogP) is 2.22. The number of carbonyl (C=O) groups is 1. The standard InChI is InChI=1S/C21H27N3O4S/c1-14(2)21(15-4-6-17(28-3)7-5-15)23-20(25)13-24-11-10-16-12-18(29(22,26)27)8-9-19(16)24/h4-9,12,14,21H,10-11,13H2,1-3H3,(H,23,25)(H2,22,26,27)/t21-/m1/s1. The van der Waals surface area contributed by atoms with Gasteiger partial charge in [-0.2, -0.15) is 0 Å². The van der Waals surface area contributed by atoms with Crippen LogP contribution >= 0.6 is 0 Å². The Morgan fingerprint density at radius 2 is 1.90 bits per heavy atom. The third-order valence-electron chi connectivity index (χ3n) is 5.16. The van der Waals surface area contributed by atoms with Gasteiger partial charge in [-0.1, -0.05) is 26.0 Å². The van der Waals surface area contributed by atoms with Gasteiger partial charge >= 0.3 is 0 Å². The van der Waals surface area contributed by atoms with Gasteiger partial charge in [-0.25, -0.2) is 13.6 Å². The second kappa shape index (κ2) is 8.42. The summed E-state index contributed by atoms with van der Waals surface area (Å²) in [4.78, 5) is 14.8. The van der Waals surface area contributed by atoms with E-state index in [-0.39, 0.29) is 29.3 Å². The highest BCUT2D eigenvalue weighted by molar-refractivity contribution is 7.89. The molecule has 0 spiro atoms. The lowest BCUT2D eigenvalue weighted by atomic mass is 9.96. The summed E-state index contributed by atoms with van der Waals surface area (Å²) in [5, 5.41) is 8.34. The molecule has 0 fully saturated rings. The number of fused-ring (bicyclic) bond motifs is 1. The number of anilines is 1. The molecule has 0 saturated heterocycles. The van der Waals surface area contributed by atoms with E-state index in [2.05, 4.69) is 19.2 Å². The molecular weight excluding hydrogens is 390 g/mol. The molecular formula is C21H27N3O4S. The molecule has 1 aliphatic rings. The molecule has 3 rings (SSSR count). The maximum Gasteiger partial charge on any atom is 0.240 e. The van der Waals surface area contributed by atoms with E-state index in [4.69, 9.17) is 9.88 Å². The number of ether oxygens (including phenoxy) is 1. The number of nitrogens with one attached hydrogen (secondary N) is 1. The first kappa shape index (κ1) is 21.1. The molecule has 0 saturated carbocycles. The van der Waals surface area contributed by atoms with Gasteiger partial charge in [0.25, 0.3) is 0 Å². The number of nitrogens with two attached hydrogens (primary N) is 1. The zero-order chi connectivity index (χ0) is 21.2. The van der Waals surface area contributed by atoms with E-state index in [1.54, 1.807) is 19.2 Å². The molecule has 1 heterocycles. The van der Waals surface area contributed by atoms with Gasteiger partial charge in [0.2, 0.25) is 15.9 Å². The molecule has 3 N–H and O–H groups in total. The number of hydrogen-bond donors (Lipinski definition) is 2. The molecule has 0 radical (unpaired) electrons. The Hall–Kier alpha value is -2.58. The topological polar surface area (TPSA) is 102 Å². The quantitative estimate of drug-likeness (QED) is 0.719. The number of rotatable bonds is 7. The van der Waals surface area contributed by atoms with E-state index in [1.165, 1.54) is 6.07 Å². The highest BCUT2D eigenvalue weighted by Gasteiger charge is 2.25. The number of hydrogen-bond acceptors (Lipinski definition) is 5. The van der Waals surface area contributed by atoms with Crippen LogP contribution in [-0.4, -0.2) is 34.5 Å². The molecule has 2 aromatic rings. The van der Waals surface area contributed by atoms with Crippen molar-refractivity contribution in [2.45, 2.75) is 31.2 Å². The van der Waals surface area contributed by atoms with Gasteiger partial charge in [-0.05, 0) is 53.8 Å². The number of sulfonamides is 1. The van der Waals surface area contributed by atoms with Crippen molar-refractivity contribution in [3.63, 3.8) is 0 Å². The van der Waals surface area contributed by atoms with Gasteiger partial charge in [0, 0.05) is 12.2 Å². The summed E-state index contributed by atoms with van der Waals surface area (Å²) in [6, 6.07) is 12.4. The van der Waals surface area contributed by atoms with Gasteiger partial charge in [0.05, 0.1) is 24.6 Å². The van der Waals surface area contributed by atoms with Crippen molar-refractivity contribution in [2.24, 2.45) is 11.1 Å². The number of methoxy groups -OCH3 is 1. The van der Waals surface area contributed by atoms with E-state index in [9.17, 15) is 13.2 Å². The average Bonchev–Trinajstić information content (AvgIpc) is 3.07. The molecule has 1 atom stereocenters. The SMILES string of the molecule is COc1ccc([C@H](NC(=O)CN2CCc3cc(S(N)(=O)=O)ccc32)C(C)C)cc1. The minimum Gasteiger partial charge on any atom is -0.497 e. The summed E-state index contributed by atoms with van der Waals surface area (Å²) >= 11 is 0. The molecule has 1 aliphatic heterocycles. The lowest BCUT2D eigenvalue weighted by Gasteiger charge is -2.25. The molecule has 1 amide bonds. The molecule has 2 aromatic carbocycles. The minimum absolute atomic E-state index is 0.0807. The van der Waals surface area contributed by atoms with Crippen molar-refractivity contribution in [1.82, 2.24) is 5.32 Å². The normalized spacial score (nSPS) is 14.6. The van der Waals surface area contributed by atoms with E-state index >= 15 is 0 Å². The van der Waals surface area contributed by atoms with E-state index in [0.29, 0.717) is 13.0 Å². The van der Waals surface area contributed by atoms with E-state index < -0.39 is 10.0 Å². The Morgan fingerprint density at radius 3 is 2.48 bits per heavy atom. The summed E-state index contributed by atoms with van der Waals surface area (Å²) in [6.45, 7) is 5.00. The Kier molecular flexibility index (Phi) is 6.14. The lowest BCUT2D eigenvalue weighted by molar-refractivity contribution is -0.120. The zero-order valence-corrected chi connectivity index (χ0v) is 17.7. The fraction of sp³-hybridized carbons (Fsp3) is 0.381. The Labute approximate surface area is 171 Å².